The lowest BCUT2D eigenvalue weighted by Crippen LogP contribution is -2.24. The molecule has 1 heterocycles. The van der Waals surface area contributed by atoms with E-state index in [1.165, 1.54) is 0 Å². The molecule has 10 heavy (non-hydrogen) atoms. The van der Waals surface area contributed by atoms with Crippen LogP contribution in [0.1, 0.15) is 19.8 Å². The van der Waals surface area contributed by atoms with Gasteiger partial charge >= 0.3 is 0 Å². The van der Waals surface area contributed by atoms with Crippen molar-refractivity contribution in [3.8, 4) is 0 Å². The Kier molecular flexibility index (Phi) is 2.11. The third kappa shape index (κ3) is 1.58. The second-order valence-corrected chi connectivity index (χ2v) is 3.17. The minimum absolute atomic E-state index is 0.299. The van der Waals surface area contributed by atoms with E-state index in [1.54, 1.807) is 0 Å². The highest BCUT2D eigenvalue weighted by Gasteiger charge is 2.51. The first-order chi connectivity index (χ1) is 4.69. The summed E-state index contributed by atoms with van der Waals surface area (Å²) in [5.74, 6) is 0. The molecule has 0 aromatic carbocycles. The highest BCUT2D eigenvalue weighted by atomic mass is 16.6. The largest absolute Gasteiger partial charge is 0.216 e. The highest BCUT2D eigenvalue weighted by molar-refractivity contribution is 4.68. The molecule has 1 saturated heterocycles. The van der Waals surface area contributed by atoms with Crippen LogP contribution in [-0.4, -0.2) is 29.0 Å². The average molecular weight is 142 g/mol. The van der Waals surface area contributed by atoms with Gasteiger partial charge < -0.3 is 0 Å². The van der Waals surface area contributed by atoms with Gasteiger partial charge in [-0.2, -0.15) is 4.65 Å². The summed E-state index contributed by atoms with van der Waals surface area (Å²) in [6.45, 7) is 7.55. The van der Waals surface area contributed by atoms with Crippen LogP contribution in [0.2, 0.25) is 0 Å². The smallest absolute Gasteiger partial charge is 0.168 e. The Morgan fingerprint density at radius 1 is 1.80 bits per heavy atom. The Labute approximate surface area is 62.3 Å². The molecule has 1 N–H and O–H groups in total. The molecule has 58 valence electrons. The number of hydrogen-bond acceptors (Lipinski definition) is 1. The second kappa shape index (κ2) is 2.72. The van der Waals surface area contributed by atoms with E-state index in [9.17, 15) is 5.21 Å². The molecule has 0 aliphatic carbocycles. The molecule has 0 bridgehead atoms. The molecule has 2 heteroatoms. The maximum Gasteiger partial charge on any atom is 0.168 e. The van der Waals surface area contributed by atoms with Gasteiger partial charge in [0, 0.05) is 6.42 Å². The molecule has 0 amide bonds. The van der Waals surface area contributed by atoms with E-state index in [0.29, 0.717) is 10.7 Å². The van der Waals surface area contributed by atoms with Crippen LogP contribution in [0.3, 0.4) is 0 Å². The summed E-state index contributed by atoms with van der Waals surface area (Å²) in [6.07, 6.45) is 3.98. The van der Waals surface area contributed by atoms with Crippen molar-refractivity contribution < 1.29 is 9.85 Å². The fourth-order valence-electron chi connectivity index (χ4n) is 1.23. The lowest BCUT2D eigenvalue weighted by atomic mass is 10.3. The first-order valence-corrected chi connectivity index (χ1v) is 3.89. The summed E-state index contributed by atoms with van der Waals surface area (Å²) >= 11 is 0. The fourth-order valence-corrected chi connectivity index (χ4v) is 1.23. The van der Waals surface area contributed by atoms with Crippen molar-refractivity contribution >= 4 is 0 Å². The van der Waals surface area contributed by atoms with E-state index in [0.717, 1.165) is 25.9 Å². The SMILES string of the molecule is C=CCCC[N+]1(O)CC1C. The summed E-state index contributed by atoms with van der Waals surface area (Å²) in [6, 6.07) is 0.477. The van der Waals surface area contributed by atoms with Crippen LogP contribution in [0.15, 0.2) is 12.7 Å². The Morgan fingerprint density at radius 3 is 2.80 bits per heavy atom. The average Bonchev–Trinajstić information content (AvgIpc) is 2.42. The molecule has 2 atom stereocenters. The Hall–Kier alpha value is -0.340. The number of unbranched alkanes of at least 4 members (excludes halogenated alkanes) is 1. The van der Waals surface area contributed by atoms with Gasteiger partial charge in [0.05, 0.1) is 0 Å². The zero-order valence-corrected chi connectivity index (χ0v) is 6.58. The highest BCUT2D eigenvalue weighted by Crippen LogP contribution is 2.26. The van der Waals surface area contributed by atoms with Crippen LogP contribution < -0.4 is 0 Å². The van der Waals surface area contributed by atoms with E-state index in [-0.39, 0.29) is 0 Å². The summed E-state index contributed by atoms with van der Waals surface area (Å²) in [7, 11) is 0. The third-order valence-electron chi connectivity index (χ3n) is 2.22. The lowest BCUT2D eigenvalue weighted by Gasteiger charge is -2.07. The van der Waals surface area contributed by atoms with Gasteiger partial charge in [-0.25, -0.2) is 5.21 Å². The summed E-state index contributed by atoms with van der Waals surface area (Å²) in [5.41, 5.74) is 0. The normalized spacial score (nSPS) is 37.6. The minimum atomic E-state index is 0.299. The van der Waals surface area contributed by atoms with Crippen LogP contribution >= 0.6 is 0 Å². The molecule has 0 aromatic rings. The number of hydrogen-bond donors (Lipinski definition) is 1. The fraction of sp³-hybridized carbons (Fsp3) is 0.750. The van der Waals surface area contributed by atoms with Crippen LogP contribution in [0.25, 0.3) is 0 Å². The van der Waals surface area contributed by atoms with Gasteiger partial charge in [-0.3, -0.25) is 0 Å². The van der Waals surface area contributed by atoms with Crippen LogP contribution in [0.5, 0.6) is 0 Å². The number of nitrogens with zero attached hydrogens (tertiary/aromatic N) is 1. The molecule has 0 aromatic heterocycles. The first kappa shape index (κ1) is 7.76. The predicted molar refractivity (Wildman–Crippen MR) is 40.7 cm³/mol. The van der Waals surface area contributed by atoms with Crippen molar-refractivity contribution in [1.82, 2.24) is 0 Å². The molecule has 0 spiro atoms. The molecule has 1 fully saturated rings. The Morgan fingerprint density at radius 2 is 2.40 bits per heavy atom. The monoisotopic (exact) mass is 142 g/mol. The molecular weight excluding hydrogens is 126 g/mol. The third-order valence-corrected chi connectivity index (χ3v) is 2.22. The van der Waals surface area contributed by atoms with Crippen LogP contribution in [0.4, 0.5) is 0 Å². The van der Waals surface area contributed by atoms with Crippen molar-refractivity contribution in [2.24, 2.45) is 0 Å². The van der Waals surface area contributed by atoms with E-state index >= 15 is 0 Å². The van der Waals surface area contributed by atoms with E-state index in [2.05, 4.69) is 13.5 Å². The maximum atomic E-state index is 9.53. The molecule has 2 unspecified atom stereocenters. The zero-order valence-electron chi connectivity index (χ0n) is 6.58. The van der Waals surface area contributed by atoms with Crippen molar-refractivity contribution in [1.29, 1.82) is 0 Å². The van der Waals surface area contributed by atoms with Gasteiger partial charge in [0.15, 0.2) is 12.6 Å². The Balaban J connectivity index is 2.09. The topological polar surface area (TPSA) is 20.2 Å². The summed E-state index contributed by atoms with van der Waals surface area (Å²) in [5, 5.41) is 9.53. The molecular formula is C8H16NO+. The van der Waals surface area contributed by atoms with E-state index < -0.39 is 0 Å². The van der Waals surface area contributed by atoms with Crippen molar-refractivity contribution in [3.05, 3.63) is 12.7 Å². The molecule has 1 aliphatic rings. The van der Waals surface area contributed by atoms with Gasteiger partial charge in [0.1, 0.15) is 6.54 Å². The standard InChI is InChI=1S/C8H16NO/c1-3-4-5-6-9(10)7-8(9)2/h3,8,10H,1,4-7H2,2H3/q+1. The van der Waals surface area contributed by atoms with Gasteiger partial charge in [0.2, 0.25) is 0 Å². The molecule has 1 rings (SSSR count). The Bertz CT molecular complexity index is 135. The molecule has 2 nitrogen and oxygen atoms in total. The maximum absolute atomic E-state index is 9.53. The van der Waals surface area contributed by atoms with Crippen molar-refractivity contribution in [2.45, 2.75) is 25.8 Å². The second-order valence-electron chi connectivity index (χ2n) is 3.17. The predicted octanol–water partition coefficient (Wildman–Crippen LogP) is 1.56. The van der Waals surface area contributed by atoms with Crippen LogP contribution in [-0.2, 0) is 0 Å². The summed E-state index contributed by atoms with van der Waals surface area (Å²) in [4.78, 5) is 0. The molecule has 1 aliphatic heterocycles. The van der Waals surface area contributed by atoms with Crippen molar-refractivity contribution in [2.75, 3.05) is 13.1 Å². The minimum Gasteiger partial charge on any atom is -0.216 e. The number of allylic oxidation sites excluding steroid dienone is 1. The number of rotatable bonds is 4. The van der Waals surface area contributed by atoms with Gasteiger partial charge in [0.25, 0.3) is 0 Å². The van der Waals surface area contributed by atoms with Gasteiger partial charge in [-0.15, -0.1) is 6.58 Å². The van der Waals surface area contributed by atoms with Gasteiger partial charge in [-0.1, -0.05) is 6.08 Å². The zero-order chi connectivity index (χ0) is 7.61. The van der Waals surface area contributed by atoms with E-state index in [1.807, 2.05) is 6.08 Å². The number of quaternary nitrogens is 1. The molecule has 0 radical (unpaired) electrons. The van der Waals surface area contributed by atoms with Gasteiger partial charge in [-0.05, 0) is 13.3 Å². The molecule has 0 saturated carbocycles. The quantitative estimate of drug-likeness (QED) is 0.273. The lowest BCUT2D eigenvalue weighted by molar-refractivity contribution is -1.01. The van der Waals surface area contributed by atoms with Crippen LogP contribution in [0, 0.1) is 0 Å². The van der Waals surface area contributed by atoms with Crippen molar-refractivity contribution in [3.63, 3.8) is 0 Å². The van der Waals surface area contributed by atoms with E-state index in [4.69, 9.17) is 0 Å². The number of hydroxylamine groups is 3. The first-order valence-electron chi connectivity index (χ1n) is 3.89. The summed E-state index contributed by atoms with van der Waals surface area (Å²) < 4.78 is 0.299.